The lowest BCUT2D eigenvalue weighted by atomic mass is 10.2. The molecule has 1 atom stereocenters. The summed E-state index contributed by atoms with van der Waals surface area (Å²) < 4.78 is 5.18. The fraction of sp³-hybridized carbons (Fsp3) is 0.111. The summed E-state index contributed by atoms with van der Waals surface area (Å²) in [6.45, 7) is 1.48. The van der Waals surface area contributed by atoms with Gasteiger partial charge in [0, 0.05) is 17.1 Å². The molecule has 0 radical (unpaired) electrons. The topological polar surface area (TPSA) is 81.2 Å². The molecule has 0 fully saturated rings. The predicted molar refractivity (Wildman–Crippen MR) is 100 cm³/mol. The number of pyridine rings is 1. The molecule has 0 aliphatic rings. The second kappa shape index (κ2) is 8.07. The van der Waals surface area contributed by atoms with E-state index in [0.29, 0.717) is 15.8 Å². The van der Waals surface area contributed by atoms with E-state index >= 15 is 0 Å². The van der Waals surface area contributed by atoms with Gasteiger partial charge in [-0.05, 0) is 19.1 Å². The molecule has 2 heterocycles. The molecule has 1 amide bonds. The summed E-state index contributed by atoms with van der Waals surface area (Å²) in [5, 5.41) is 5.33. The van der Waals surface area contributed by atoms with Gasteiger partial charge in [-0.1, -0.05) is 41.9 Å². The van der Waals surface area contributed by atoms with Gasteiger partial charge in [0.1, 0.15) is 10.8 Å². The van der Waals surface area contributed by atoms with E-state index in [1.165, 1.54) is 24.5 Å². The number of aromatic nitrogens is 2. The molecule has 1 N–H and O–H groups in total. The molecule has 26 heavy (non-hydrogen) atoms. The number of benzene rings is 1. The van der Waals surface area contributed by atoms with E-state index in [2.05, 4.69) is 15.3 Å². The van der Waals surface area contributed by atoms with Crippen molar-refractivity contribution in [1.29, 1.82) is 0 Å². The first kappa shape index (κ1) is 18.0. The van der Waals surface area contributed by atoms with Crippen molar-refractivity contribution in [2.75, 3.05) is 5.32 Å². The highest BCUT2D eigenvalue weighted by atomic mass is 35.5. The van der Waals surface area contributed by atoms with Gasteiger partial charge in [-0.25, -0.2) is 14.8 Å². The lowest BCUT2D eigenvalue weighted by molar-refractivity contribution is -0.123. The number of nitrogens with one attached hydrogen (secondary N) is 1. The highest BCUT2D eigenvalue weighted by Gasteiger charge is 2.21. The molecule has 0 unspecified atom stereocenters. The van der Waals surface area contributed by atoms with Gasteiger partial charge < -0.3 is 10.1 Å². The second-order valence-electron chi connectivity index (χ2n) is 5.30. The Morgan fingerprint density at radius 3 is 2.65 bits per heavy atom. The van der Waals surface area contributed by atoms with Gasteiger partial charge in [0.15, 0.2) is 11.8 Å². The fourth-order valence-electron chi connectivity index (χ4n) is 2.03. The number of esters is 1. The summed E-state index contributed by atoms with van der Waals surface area (Å²) in [6, 6.07) is 12.7. The number of amides is 1. The third-order valence-corrected chi connectivity index (χ3v) is 4.48. The Bertz CT molecular complexity index is 913. The summed E-state index contributed by atoms with van der Waals surface area (Å²) in [5.74, 6) is -0.829. The van der Waals surface area contributed by atoms with Crippen molar-refractivity contribution >= 4 is 40.6 Å². The van der Waals surface area contributed by atoms with Gasteiger partial charge >= 0.3 is 5.97 Å². The molecule has 0 saturated heterocycles. The SMILES string of the molecule is C[C@H](OC(=O)c1csc(-c2ccccc2)n1)C(=O)Nc1ccc(Cl)cn1. The minimum atomic E-state index is -0.998. The normalized spacial score (nSPS) is 11.6. The Morgan fingerprint density at radius 2 is 1.96 bits per heavy atom. The van der Waals surface area contributed by atoms with Crippen LogP contribution in [0.2, 0.25) is 5.02 Å². The van der Waals surface area contributed by atoms with Crippen molar-refractivity contribution in [2.45, 2.75) is 13.0 Å². The predicted octanol–water partition coefficient (Wildman–Crippen LogP) is 4.04. The first-order valence-corrected chi connectivity index (χ1v) is 8.93. The van der Waals surface area contributed by atoms with Gasteiger partial charge in [-0.2, -0.15) is 0 Å². The minimum absolute atomic E-state index is 0.165. The molecule has 0 spiro atoms. The average Bonchev–Trinajstić information content (AvgIpc) is 3.14. The van der Waals surface area contributed by atoms with E-state index in [9.17, 15) is 9.59 Å². The Balaban J connectivity index is 1.61. The van der Waals surface area contributed by atoms with Crippen molar-refractivity contribution in [3.8, 4) is 10.6 Å². The van der Waals surface area contributed by atoms with Crippen molar-refractivity contribution < 1.29 is 14.3 Å². The zero-order valence-corrected chi connectivity index (χ0v) is 15.3. The van der Waals surface area contributed by atoms with Gasteiger partial charge in [0.05, 0.1) is 5.02 Å². The molecule has 0 aliphatic carbocycles. The summed E-state index contributed by atoms with van der Waals surface area (Å²) in [5.41, 5.74) is 1.08. The maximum Gasteiger partial charge on any atom is 0.358 e. The summed E-state index contributed by atoms with van der Waals surface area (Å²) in [4.78, 5) is 32.6. The summed E-state index contributed by atoms with van der Waals surface area (Å²) >= 11 is 7.08. The van der Waals surface area contributed by atoms with Crippen LogP contribution in [0.25, 0.3) is 10.6 Å². The second-order valence-corrected chi connectivity index (χ2v) is 6.60. The number of hydrogen-bond acceptors (Lipinski definition) is 6. The number of ether oxygens (including phenoxy) is 1. The molecule has 8 heteroatoms. The molecule has 0 aliphatic heterocycles. The Hall–Kier alpha value is -2.77. The summed E-state index contributed by atoms with van der Waals surface area (Å²) in [7, 11) is 0. The highest BCUT2D eigenvalue weighted by Crippen LogP contribution is 2.23. The minimum Gasteiger partial charge on any atom is -0.448 e. The Morgan fingerprint density at radius 1 is 1.19 bits per heavy atom. The molecular formula is C18H14ClN3O3S. The van der Waals surface area contributed by atoms with E-state index in [1.807, 2.05) is 30.3 Å². The molecular weight excluding hydrogens is 374 g/mol. The number of carbonyl (C=O) groups excluding carboxylic acids is 2. The molecule has 1 aromatic carbocycles. The van der Waals surface area contributed by atoms with Crippen LogP contribution >= 0.6 is 22.9 Å². The Kier molecular flexibility index (Phi) is 5.60. The number of nitrogens with zero attached hydrogens (tertiary/aromatic N) is 2. The monoisotopic (exact) mass is 387 g/mol. The van der Waals surface area contributed by atoms with Crippen LogP contribution in [0.1, 0.15) is 17.4 Å². The van der Waals surface area contributed by atoms with E-state index in [0.717, 1.165) is 5.56 Å². The van der Waals surface area contributed by atoms with E-state index < -0.39 is 18.0 Å². The number of anilines is 1. The van der Waals surface area contributed by atoms with Crippen molar-refractivity contribution in [3.63, 3.8) is 0 Å². The Labute approximate surface area is 158 Å². The van der Waals surface area contributed by atoms with Gasteiger partial charge in [-0.3, -0.25) is 4.79 Å². The molecule has 3 aromatic rings. The third-order valence-electron chi connectivity index (χ3n) is 3.37. The number of hydrogen-bond donors (Lipinski definition) is 1. The zero-order chi connectivity index (χ0) is 18.5. The average molecular weight is 388 g/mol. The van der Waals surface area contributed by atoms with E-state index in [-0.39, 0.29) is 5.69 Å². The largest absolute Gasteiger partial charge is 0.448 e. The van der Waals surface area contributed by atoms with Crippen LogP contribution in [-0.4, -0.2) is 27.9 Å². The number of halogens is 1. The van der Waals surface area contributed by atoms with Gasteiger partial charge in [-0.15, -0.1) is 11.3 Å². The molecule has 0 bridgehead atoms. The van der Waals surface area contributed by atoms with Crippen LogP contribution in [0.3, 0.4) is 0 Å². The third kappa shape index (κ3) is 4.44. The van der Waals surface area contributed by atoms with Crippen LogP contribution in [0.4, 0.5) is 5.82 Å². The van der Waals surface area contributed by atoms with Gasteiger partial charge in [0.2, 0.25) is 0 Å². The lowest BCUT2D eigenvalue weighted by Gasteiger charge is -2.12. The molecule has 132 valence electrons. The first-order valence-electron chi connectivity index (χ1n) is 7.67. The molecule has 6 nitrogen and oxygen atoms in total. The number of carbonyl (C=O) groups is 2. The highest BCUT2D eigenvalue weighted by molar-refractivity contribution is 7.13. The number of rotatable bonds is 5. The molecule has 2 aromatic heterocycles. The van der Waals surface area contributed by atoms with Crippen LogP contribution in [0.15, 0.2) is 54.0 Å². The van der Waals surface area contributed by atoms with E-state index in [1.54, 1.807) is 17.5 Å². The lowest BCUT2D eigenvalue weighted by Crippen LogP contribution is -2.30. The maximum absolute atomic E-state index is 12.2. The van der Waals surface area contributed by atoms with Crippen LogP contribution in [-0.2, 0) is 9.53 Å². The molecule has 3 rings (SSSR count). The number of thiazole rings is 1. The van der Waals surface area contributed by atoms with Gasteiger partial charge in [0.25, 0.3) is 5.91 Å². The van der Waals surface area contributed by atoms with Crippen molar-refractivity contribution in [3.05, 3.63) is 64.8 Å². The van der Waals surface area contributed by atoms with E-state index in [4.69, 9.17) is 16.3 Å². The van der Waals surface area contributed by atoms with Crippen LogP contribution in [0, 0.1) is 0 Å². The maximum atomic E-state index is 12.2. The summed E-state index contributed by atoms with van der Waals surface area (Å²) in [6.07, 6.45) is 0.413. The van der Waals surface area contributed by atoms with Crippen molar-refractivity contribution in [2.24, 2.45) is 0 Å². The standard InChI is InChI=1S/C18H14ClN3O3S/c1-11(16(23)22-15-8-7-13(19)9-20-15)25-18(24)14-10-26-17(21-14)12-5-3-2-4-6-12/h2-11H,1H3,(H,20,22,23)/t11-/m0/s1. The first-order chi connectivity index (χ1) is 12.5. The molecule has 0 saturated carbocycles. The smallest absolute Gasteiger partial charge is 0.358 e. The van der Waals surface area contributed by atoms with Crippen molar-refractivity contribution in [1.82, 2.24) is 9.97 Å². The zero-order valence-electron chi connectivity index (χ0n) is 13.7. The van der Waals surface area contributed by atoms with Crippen LogP contribution in [0.5, 0.6) is 0 Å². The quantitative estimate of drug-likeness (QED) is 0.668. The fourth-order valence-corrected chi connectivity index (χ4v) is 2.94. The van der Waals surface area contributed by atoms with Crippen LogP contribution < -0.4 is 5.32 Å².